The number of hydrogen-bond acceptors (Lipinski definition) is 5. The van der Waals surface area contributed by atoms with Crippen molar-refractivity contribution in [3.05, 3.63) is 102 Å². The maximum atomic E-state index is 13.5. The van der Waals surface area contributed by atoms with Crippen LogP contribution in [0.25, 0.3) is 10.9 Å². The van der Waals surface area contributed by atoms with Gasteiger partial charge < -0.3 is 10.2 Å². The van der Waals surface area contributed by atoms with Crippen molar-refractivity contribution < 1.29 is 18.0 Å². The zero-order valence-electron chi connectivity index (χ0n) is 19.9. The fourth-order valence-electron chi connectivity index (χ4n) is 3.91. The predicted molar refractivity (Wildman–Crippen MR) is 139 cm³/mol. The average Bonchev–Trinajstić information content (AvgIpc) is 2.87. The monoisotopic (exact) mass is 502 g/mol. The maximum Gasteiger partial charge on any atom is 0.329 e. The van der Waals surface area contributed by atoms with E-state index in [1.807, 2.05) is 59.3 Å². The number of hydrogen-bond donors (Lipinski definition) is 2. The number of likely N-dealkylation sites (N-methyl/N-ethyl adjacent to an activating group) is 1. The second-order valence-corrected chi connectivity index (χ2v) is 10.0. The van der Waals surface area contributed by atoms with Crippen molar-refractivity contribution in [1.29, 1.82) is 0 Å². The molecule has 0 bridgehead atoms. The van der Waals surface area contributed by atoms with Crippen LogP contribution in [0.5, 0.6) is 0 Å². The minimum absolute atomic E-state index is 0.00650. The van der Waals surface area contributed by atoms with Gasteiger partial charge >= 0.3 is 6.03 Å². The number of benzene rings is 3. The first-order chi connectivity index (χ1) is 17.2. The molecule has 4 aromatic rings. The second-order valence-electron chi connectivity index (χ2n) is 8.36. The summed E-state index contributed by atoms with van der Waals surface area (Å²) in [5.74, 6) is -0.398. The molecule has 8 nitrogen and oxygen atoms in total. The van der Waals surface area contributed by atoms with E-state index >= 15 is 0 Å². The number of aromatic nitrogens is 1. The first-order valence-electron chi connectivity index (χ1n) is 11.3. The van der Waals surface area contributed by atoms with E-state index in [9.17, 15) is 18.0 Å². The highest BCUT2D eigenvalue weighted by molar-refractivity contribution is 7.90. The van der Waals surface area contributed by atoms with Gasteiger partial charge in [-0.2, -0.15) is 0 Å². The molecule has 0 spiro atoms. The number of urea groups is 1. The summed E-state index contributed by atoms with van der Waals surface area (Å²) in [7, 11) is -2.51. The lowest BCUT2D eigenvalue weighted by Crippen LogP contribution is -2.52. The van der Waals surface area contributed by atoms with Crippen LogP contribution in [0.3, 0.4) is 0 Å². The molecule has 3 amide bonds. The lowest BCUT2D eigenvalue weighted by molar-refractivity contribution is -0.120. The van der Waals surface area contributed by atoms with Crippen molar-refractivity contribution in [2.75, 3.05) is 11.9 Å². The lowest BCUT2D eigenvalue weighted by atomic mass is 10.0. The van der Waals surface area contributed by atoms with Gasteiger partial charge in [0.25, 0.3) is 10.0 Å². The number of amides is 3. The molecule has 9 heteroatoms. The molecule has 4 rings (SSSR count). The van der Waals surface area contributed by atoms with E-state index in [1.54, 1.807) is 44.4 Å². The van der Waals surface area contributed by atoms with Crippen LogP contribution in [0.4, 0.5) is 10.5 Å². The van der Waals surface area contributed by atoms with E-state index in [1.165, 1.54) is 11.0 Å². The molecular formula is C27H26N4O4S. The van der Waals surface area contributed by atoms with Crippen molar-refractivity contribution in [1.82, 2.24) is 15.0 Å². The number of anilines is 1. The highest BCUT2D eigenvalue weighted by Gasteiger charge is 2.28. The van der Waals surface area contributed by atoms with Gasteiger partial charge in [0, 0.05) is 30.7 Å². The summed E-state index contributed by atoms with van der Waals surface area (Å²) in [6.45, 7) is 1.64. The van der Waals surface area contributed by atoms with E-state index in [2.05, 4.69) is 10.3 Å². The summed E-state index contributed by atoms with van der Waals surface area (Å²) in [5.41, 5.74) is 2.73. The molecule has 1 heterocycles. The number of rotatable bonds is 7. The van der Waals surface area contributed by atoms with Gasteiger partial charge in [0.15, 0.2) is 0 Å². The fraction of sp³-hybridized carbons (Fsp3) is 0.148. The van der Waals surface area contributed by atoms with Crippen LogP contribution >= 0.6 is 0 Å². The third-order valence-corrected chi connectivity index (χ3v) is 7.29. The number of nitrogens with zero attached hydrogens (tertiary/aromatic N) is 2. The van der Waals surface area contributed by atoms with Gasteiger partial charge in [-0.25, -0.2) is 17.9 Å². The van der Waals surface area contributed by atoms with E-state index in [-0.39, 0.29) is 11.3 Å². The standard InChI is InChI=1S/C27H26N4O4S/c1-19-9-6-7-13-25(19)36(34,35)30-27(33)29-24(17-20-10-4-3-5-11-20)26(32)31(2)22-14-15-23-21(18-22)12-8-16-28-23/h3-16,18,24H,17H2,1-2H3,(H2,29,30,33). The van der Waals surface area contributed by atoms with Gasteiger partial charge in [0.1, 0.15) is 6.04 Å². The molecule has 0 fully saturated rings. The SMILES string of the molecule is Cc1ccccc1S(=O)(=O)NC(=O)NC(Cc1ccccc1)C(=O)N(C)c1ccc2ncccc2c1. The molecule has 0 saturated heterocycles. The molecule has 0 aliphatic heterocycles. The van der Waals surface area contributed by atoms with Crippen molar-refractivity contribution in [3.8, 4) is 0 Å². The Kier molecular flexibility index (Phi) is 7.30. The van der Waals surface area contributed by atoms with Crippen LogP contribution in [0.2, 0.25) is 0 Å². The molecule has 36 heavy (non-hydrogen) atoms. The molecule has 0 saturated carbocycles. The Morgan fingerprint density at radius 2 is 1.67 bits per heavy atom. The largest absolute Gasteiger partial charge is 0.329 e. The topological polar surface area (TPSA) is 108 Å². The summed E-state index contributed by atoms with van der Waals surface area (Å²) < 4.78 is 27.6. The Morgan fingerprint density at radius 1 is 0.944 bits per heavy atom. The highest BCUT2D eigenvalue weighted by Crippen LogP contribution is 2.21. The van der Waals surface area contributed by atoms with Crippen LogP contribution in [-0.2, 0) is 21.2 Å². The number of aryl methyl sites for hydroxylation is 1. The first kappa shape index (κ1) is 24.9. The summed E-state index contributed by atoms with van der Waals surface area (Å²) in [4.78, 5) is 32.1. The minimum atomic E-state index is -4.12. The molecule has 0 radical (unpaired) electrons. The number of carbonyl (C=O) groups excluding carboxylic acids is 2. The number of nitrogens with one attached hydrogen (secondary N) is 2. The van der Waals surface area contributed by atoms with Gasteiger partial charge in [0.05, 0.1) is 10.4 Å². The van der Waals surface area contributed by atoms with Gasteiger partial charge in [-0.05, 0) is 48.4 Å². The Morgan fingerprint density at radius 3 is 2.42 bits per heavy atom. The molecule has 1 aromatic heterocycles. The van der Waals surface area contributed by atoms with Crippen LogP contribution in [0, 0.1) is 6.92 Å². The fourth-order valence-corrected chi connectivity index (χ4v) is 5.07. The molecule has 0 aliphatic rings. The van der Waals surface area contributed by atoms with Crippen molar-refractivity contribution in [2.24, 2.45) is 0 Å². The Bertz CT molecular complexity index is 1510. The maximum absolute atomic E-state index is 13.5. The van der Waals surface area contributed by atoms with Crippen molar-refractivity contribution >= 4 is 38.6 Å². The predicted octanol–water partition coefficient (Wildman–Crippen LogP) is 3.81. The van der Waals surface area contributed by atoms with Crippen molar-refractivity contribution in [3.63, 3.8) is 0 Å². The number of sulfonamides is 1. The van der Waals surface area contributed by atoms with E-state index in [4.69, 9.17) is 0 Å². The first-order valence-corrected chi connectivity index (χ1v) is 12.8. The molecule has 0 aliphatic carbocycles. The lowest BCUT2D eigenvalue weighted by Gasteiger charge is -2.25. The van der Waals surface area contributed by atoms with Gasteiger partial charge in [0.2, 0.25) is 5.91 Å². The Labute approximate surface area is 210 Å². The second kappa shape index (κ2) is 10.6. The van der Waals surface area contributed by atoms with Gasteiger partial charge in [-0.3, -0.25) is 9.78 Å². The van der Waals surface area contributed by atoms with Crippen molar-refractivity contribution in [2.45, 2.75) is 24.3 Å². The van der Waals surface area contributed by atoms with E-state index in [0.717, 1.165) is 16.5 Å². The third kappa shape index (κ3) is 5.69. The summed E-state index contributed by atoms with van der Waals surface area (Å²) >= 11 is 0. The quantitative estimate of drug-likeness (QED) is 0.400. The number of pyridine rings is 1. The molecule has 2 N–H and O–H groups in total. The average molecular weight is 503 g/mol. The highest BCUT2D eigenvalue weighted by atomic mass is 32.2. The summed E-state index contributed by atoms with van der Waals surface area (Å²) in [6.07, 6.45) is 1.87. The zero-order valence-corrected chi connectivity index (χ0v) is 20.7. The van der Waals surface area contributed by atoms with Gasteiger partial charge in [-0.1, -0.05) is 54.6 Å². The van der Waals surface area contributed by atoms with Crippen LogP contribution in [-0.4, -0.2) is 38.4 Å². The van der Waals surface area contributed by atoms with Crippen LogP contribution in [0.1, 0.15) is 11.1 Å². The van der Waals surface area contributed by atoms with Crippen LogP contribution in [0.15, 0.2) is 96.0 Å². The Balaban J connectivity index is 1.57. The van der Waals surface area contributed by atoms with Gasteiger partial charge in [-0.15, -0.1) is 0 Å². The summed E-state index contributed by atoms with van der Waals surface area (Å²) in [5, 5.41) is 3.43. The molecular weight excluding hydrogens is 476 g/mol. The molecule has 3 aromatic carbocycles. The number of carbonyl (C=O) groups is 2. The smallest absolute Gasteiger partial charge is 0.325 e. The Hall–Kier alpha value is -4.24. The molecule has 184 valence electrons. The third-order valence-electron chi connectivity index (χ3n) is 5.80. The normalized spacial score (nSPS) is 12.1. The molecule has 1 atom stereocenters. The number of fused-ring (bicyclic) bond motifs is 1. The van der Waals surface area contributed by atoms with E-state index < -0.39 is 28.0 Å². The minimum Gasteiger partial charge on any atom is -0.325 e. The van der Waals surface area contributed by atoms with Crippen LogP contribution < -0.4 is 14.9 Å². The molecule has 1 unspecified atom stereocenters. The van der Waals surface area contributed by atoms with E-state index in [0.29, 0.717) is 11.3 Å². The summed E-state index contributed by atoms with van der Waals surface area (Å²) in [6, 6.07) is 22.7. The zero-order chi connectivity index (χ0) is 25.7.